The predicted molar refractivity (Wildman–Crippen MR) is 85.9 cm³/mol. The molecule has 0 fully saturated rings. The smallest absolute Gasteiger partial charge is 0.343 e. The molecule has 6 heteroatoms. The van der Waals surface area contributed by atoms with Gasteiger partial charge in [0.05, 0.1) is 31.3 Å². The first-order valence-corrected chi connectivity index (χ1v) is 7.23. The van der Waals surface area contributed by atoms with Crippen molar-refractivity contribution in [3.05, 3.63) is 40.3 Å². The lowest BCUT2D eigenvalue weighted by Crippen LogP contribution is -2.05. The molecule has 2 rings (SSSR count). The number of carbonyl (C=O) groups excluding carboxylic acids is 1. The summed E-state index contributed by atoms with van der Waals surface area (Å²) in [5.41, 5.74) is 0.0466. The van der Waals surface area contributed by atoms with Crippen LogP contribution in [0, 0.1) is 0 Å². The molecule has 122 valence electrons. The van der Waals surface area contributed by atoms with Gasteiger partial charge in [-0.3, -0.25) is 0 Å². The van der Waals surface area contributed by atoms with Crippen molar-refractivity contribution < 1.29 is 23.4 Å². The Morgan fingerprint density at radius 3 is 2.70 bits per heavy atom. The fraction of sp³-hybridized carbons (Fsp3) is 0.294. The molecule has 0 N–H and O–H groups in total. The lowest BCUT2D eigenvalue weighted by molar-refractivity contribution is -0.137. The SMILES string of the molecule is CCOC(=O)/C=C/c1cc2c(OC)c(OCC)ccc2oc1=O. The highest BCUT2D eigenvalue weighted by molar-refractivity contribution is 5.90. The second-order valence-corrected chi connectivity index (χ2v) is 4.52. The molecule has 0 bridgehead atoms. The summed E-state index contributed by atoms with van der Waals surface area (Å²) in [6.45, 7) is 4.31. The van der Waals surface area contributed by atoms with Crippen LogP contribution in [0.2, 0.25) is 0 Å². The van der Waals surface area contributed by atoms with Crippen LogP contribution in [0.1, 0.15) is 19.4 Å². The number of ether oxygens (including phenoxy) is 3. The lowest BCUT2D eigenvalue weighted by atomic mass is 10.1. The van der Waals surface area contributed by atoms with Gasteiger partial charge in [0.2, 0.25) is 0 Å². The molecule has 6 nitrogen and oxygen atoms in total. The molecule has 1 heterocycles. The zero-order chi connectivity index (χ0) is 16.8. The Bertz CT molecular complexity index is 788. The van der Waals surface area contributed by atoms with E-state index in [2.05, 4.69) is 0 Å². The molecule has 23 heavy (non-hydrogen) atoms. The Morgan fingerprint density at radius 1 is 1.26 bits per heavy atom. The molecule has 1 aromatic carbocycles. The van der Waals surface area contributed by atoms with Crippen LogP contribution < -0.4 is 15.1 Å². The zero-order valence-corrected chi connectivity index (χ0v) is 13.3. The van der Waals surface area contributed by atoms with Crippen LogP contribution in [0.5, 0.6) is 11.5 Å². The van der Waals surface area contributed by atoms with Gasteiger partial charge in [-0.05, 0) is 38.1 Å². The van der Waals surface area contributed by atoms with Gasteiger partial charge in [-0.15, -0.1) is 0 Å². The summed E-state index contributed by atoms with van der Waals surface area (Å²) >= 11 is 0. The highest BCUT2D eigenvalue weighted by atomic mass is 16.5. The zero-order valence-electron chi connectivity index (χ0n) is 13.3. The van der Waals surface area contributed by atoms with Crippen molar-refractivity contribution in [3.8, 4) is 11.5 Å². The summed E-state index contributed by atoms with van der Waals surface area (Å²) in [5, 5.41) is 0.585. The van der Waals surface area contributed by atoms with Crippen molar-refractivity contribution in [2.45, 2.75) is 13.8 Å². The number of methoxy groups -OCH3 is 1. The van der Waals surface area contributed by atoms with Gasteiger partial charge in [-0.2, -0.15) is 0 Å². The molecule has 0 aliphatic carbocycles. The van der Waals surface area contributed by atoms with Crippen LogP contribution in [-0.2, 0) is 9.53 Å². The van der Waals surface area contributed by atoms with Crippen molar-refractivity contribution >= 4 is 23.0 Å². The molecule has 0 atom stereocenters. The van der Waals surface area contributed by atoms with E-state index in [4.69, 9.17) is 18.6 Å². The highest BCUT2D eigenvalue weighted by Crippen LogP contribution is 2.35. The molecule has 2 aromatic rings. The molecule has 0 amide bonds. The van der Waals surface area contributed by atoms with Gasteiger partial charge in [-0.25, -0.2) is 9.59 Å². The van der Waals surface area contributed by atoms with Gasteiger partial charge in [0.25, 0.3) is 0 Å². The first-order chi connectivity index (χ1) is 11.1. The third kappa shape index (κ3) is 3.71. The number of fused-ring (bicyclic) bond motifs is 1. The summed E-state index contributed by atoms with van der Waals surface area (Å²) in [6, 6.07) is 4.92. The second-order valence-electron chi connectivity index (χ2n) is 4.52. The van der Waals surface area contributed by atoms with Gasteiger partial charge in [0, 0.05) is 6.08 Å². The summed E-state index contributed by atoms with van der Waals surface area (Å²) in [7, 11) is 1.51. The Morgan fingerprint density at radius 2 is 2.04 bits per heavy atom. The molecule has 1 aromatic heterocycles. The van der Waals surface area contributed by atoms with E-state index in [0.717, 1.165) is 0 Å². The molecule has 0 aliphatic heterocycles. The topological polar surface area (TPSA) is 75.0 Å². The Labute approximate surface area is 133 Å². The standard InChI is InChI=1S/C17H18O6/c1-4-21-14-8-7-13-12(16(14)20-3)10-11(17(19)23-13)6-9-15(18)22-5-2/h6-10H,4-5H2,1-3H3/b9-6+. The van der Waals surface area contributed by atoms with E-state index < -0.39 is 11.6 Å². The number of esters is 1. The Hall–Kier alpha value is -2.76. The van der Waals surface area contributed by atoms with Gasteiger partial charge in [0.1, 0.15) is 5.58 Å². The maximum absolute atomic E-state index is 12.0. The van der Waals surface area contributed by atoms with Gasteiger partial charge in [0.15, 0.2) is 11.5 Å². The molecular weight excluding hydrogens is 300 g/mol. The van der Waals surface area contributed by atoms with E-state index in [-0.39, 0.29) is 12.2 Å². The Kier molecular flexibility index (Phi) is 5.41. The van der Waals surface area contributed by atoms with E-state index in [1.54, 1.807) is 25.1 Å². The summed E-state index contributed by atoms with van der Waals surface area (Å²) in [4.78, 5) is 23.3. The van der Waals surface area contributed by atoms with Crippen LogP contribution in [-0.4, -0.2) is 26.3 Å². The fourth-order valence-corrected chi connectivity index (χ4v) is 2.10. The summed E-state index contributed by atoms with van der Waals surface area (Å²) in [6.07, 6.45) is 2.54. The van der Waals surface area contributed by atoms with Crippen molar-refractivity contribution in [3.63, 3.8) is 0 Å². The van der Waals surface area contributed by atoms with Crippen molar-refractivity contribution in [1.29, 1.82) is 0 Å². The van der Waals surface area contributed by atoms with E-state index in [9.17, 15) is 9.59 Å². The number of benzene rings is 1. The fourth-order valence-electron chi connectivity index (χ4n) is 2.10. The molecule has 0 spiro atoms. The maximum Gasteiger partial charge on any atom is 0.343 e. The van der Waals surface area contributed by atoms with Crippen LogP contribution in [0.15, 0.2) is 33.5 Å². The van der Waals surface area contributed by atoms with E-state index in [0.29, 0.717) is 29.1 Å². The van der Waals surface area contributed by atoms with Crippen LogP contribution in [0.25, 0.3) is 17.0 Å². The number of hydrogen-bond donors (Lipinski definition) is 0. The predicted octanol–water partition coefficient (Wildman–Crippen LogP) is 2.78. The van der Waals surface area contributed by atoms with E-state index in [1.165, 1.54) is 19.3 Å². The van der Waals surface area contributed by atoms with Gasteiger partial charge >= 0.3 is 11.6 Å². The number of carbonyl (C=O) groups is 1. The second kappa shape index (κ2) is 7.49. The van der Waals surface area contributed by atoms with Crippen molar-refractivity contribution in [1.82, 2.24) is 0 Å². The molecule has 0 unspecified atom stereocenters. The number of rotatable bonds is 6. The largest absolute Gasteiger partial charge is 0.492 e. The lowest BCUT2D eigenvalue weighted by Gasteiger charge is -2.11. The van der Waals surface area contributed by atoms with E-state index in [1.807, 2.05) is 6.92 Å². The maximum atomic E-state index is 12.0. The first-order valence-electron chi connectivity index (χ1n) is 7.23. The minimum atomic E-state index is -0.552. The normalized spacial score (nSPS) is 10.9. The molecule has 0 aliphatic rings. The first kappa shape index (κ1) is 16.6. The highest BCUT2D eigenvalue weighted by Gasteiger charge is 2.13. The quantitative estimate of drug-likeness (QED) is 0.463. The molecular formula is C17H18O6. The molecule has 0 saturated heterocycles. The van der Waals surface area contributed by atoms with Crippen LogP contribution >= 0.6 is 0 Å². The van der Waals surface area contributed by atoms with Gasteiger partial charge in [-0.1, -0.05) is 0 Å². The third-order valence-electron chi connectivity index (χ3n) is 3.05. The van der Waals surface area contributed by atoms with Gasteiger partial charge < -0.3 is 18.6 Å². The minimum absolute atomic E-state index is 0.220. The molecule has 0 radical (unpaired) electrons. The summed E-state index contributed by atoms with van der Waals surface area (Å²) in [5.74, 6) is 0.498. The average molecular weight is 318 g/mol. The van der Waals surface area contributed by atoms with Crippen LogP contribution in [0.3, 0.4) is 0 Å². The van der Waals surface area contributed by atoms with Crippen molar-refractivity contribution in [2.24, 2.45) is 0 Å². The average Bonchev–Trinajstić information content (AvgIpc) is 2.53. The Balaban J connectivity index is 2.53. The number of hydrogen-bond acceptors (Lipinski definition) is 6. The van der Waals surface area contributed by atoms with Crippen molar-refractivity contribution in [2.75, 3.05) is 20.3 Å². The van der Waals surface area contributed by atoms with E-state index >= 15 is 0 Å². The van der Waals surface area contributed by atoms with Crippen LogP contribution in [0.4, 0.5) is 0 Å². The third-order valence-corrected chi connectivity index (χ3v) is 3.05. The minimum Gasteiger partial charge on any atom is -0.492 e. The molecule has 0 saturated carbocycles. The summed E-state index contributed by atoms with van der Waals surface area (Å²) < 4.78 is 20.9. The monoisotopic (exact) mass is 318 g/mol.